The fourth-order valence-corrected chi connectivity index (χ4v) is 1.36. The number of halogens is 3. The van der Waals surface area contributed by atoms with E-state index in [0.29, 0.717) is 5.56 Å². The summed E-state index contributed by atoms with van der Waals surface area (Å²) in [6.45, 7) is 0. The summed E-state index contributed by atoms with van der Waals surface area (Å²) >= 11 is 0. The number of aliphatic carboxylic acids is 1. The first-order valence-electron chi connectivity index (χ1n) is 5.28. The highest BCUT2D eigenvalue weighted by atomic mass is 19.4. The molecule has 0 bridgehead atoms. The van der Waals surface area contributed by atoms with Gasteiger partial charge in [-0.2, -0.15) is 13.2 Å². The lowest BCUT2D eigenvalue weighted by atomic mass is 10.1. The molecule has 0 aliphatic carbocycles. The van der Waals surface area contributed by atoms with E-state index in [1.165, 1.54) is 12.1 Å². The predicted molar refractivity (Wildman–Crippen MR) is 61.4 cm³/mol. The van der Waals surface area contributed by atoms with Crippen LogP contribution in [-0.2, 0) is 11.0 Å². The van der Waals surface area contributed by atoms with Gasteiger partial charge in [0.15, 0.2) is 0 Å². The molecule has 8 heteroatoms. The number of benzene rings is 1. The maximum Gasteiger partial charge on any atom is 0.416 e. The molecule has 1 aromatic carbocycles. The van der Waals surface area contributed by atoms with Gasteiger partial charge in [-0.1, -0.05) is 0 Å². The summed E-state index contributed by atoms with van der Waals surface area (Å²) in [7, 11) is 0. The average Bonchev–Trinajstić information content (AvgIpc) is 2.84. The highest BCUT2D eigenvalue weighted by Crippen LogP contribution is 2.30. The maximum atomic E-state index is 12.4. The smallest absolute Gasteiger partial charge is 0.416 e. The molecule has 5 nitrogen and oxygen atoms in total. The normalized spacial score (nSPS) is 11.9. The zero-order valence-corrected chi connectivity index (χ0v) is 9.76. The summed E-state index contributed by atoms with van der Waals surface area (Å²) in [4.78, 5) is 10.3. The summed E-state index contributed by atoms with van der Waals surface area (Å²) < 4.78 is 42.3. The average molecular weight is 284 g/mol. The van der Waals surface area contributed by atoms with E-state index in [1.54, 1.807) is 0 Å². The fourth-order valence-electron chi connectivity index (χ4n) is 1.36. The number of alkyl halides is 3. The van der Waals surface area contributed by atoms with Gasteiger partial charge in [0.2, 0.25) is 11.8 Å². The molecule has 1 aromatic heterocycles. The first kappa shape index (κ1) is 13.8. The molecule has 0 fully saturated rings. The van der Waals surface area contributed by atoms with Gasteiger partial charge in [0.25, 0.3) is 0 Å². The third-order valence-corrected chi connectivity index (χ3v) is 2.27. The Hall–Kier alpha value is -2.64. The van der Waals surface area contributed by atoms with Crippen molar-refractivity contribution in [1.82, 2.24) is 10.2 Å². The molecule has 0 atom stereocenters. The molecular formula is C12H7F3N2O3. The summed E-state index contributed by atoms with van der Waals surface area (Å²) in [5, 5.41) is 15.6. The van der Waals surface area contributed by atoms with Crippen molar-refractivity contribution in [3.8, 4) is 11.5 Å². The molecule has 2 rings (SSSR count). The van der Waals surface area contributed by atoms with Crippen LogP contribution in [0.5, 0.6) is 0 Å². The van der Waals surface area contributed by atoms with Crippen molar-refractivity contribution >= 4 is 12.0 Å². The SMILES string of the molecule is O=C(O)/C=C/c1nnc(-c2ccc(C(F)(F)F)cc2)o1. The van der Waals surface area contributed by atoms with Crippen molar-refractivity contribution in [3.05, 3.63) is 41.8 Å². The Morgan fingerprint density at radius 2 is 1.85 bits per heavy atom. The molecule has 0 spiro atoms. The van der Waals surface area contributed by atoms with E-state index in [-0.39, 0.29) is 11.8 Å². The van der Waals surface area contributed by atoms with Crippen LogP contribution in [0.4, 0.5) is 13.2 Å². The van der Waals surface area contributed by atoms with Gasteiger partial charge in [0, 0.05) is 17.7 Å². The number of carbonyl (C=O) groups is 1. The van der Waals surface area contributed by atoms with Gasteiger partial charge in [-0.25, -0.2) is 4.79 Å². The van der Waals surface area contributed by atoms with Gasteiger partial charge in [0.05, 0.1) is 5.56 Å². The van der Waals surface area contributed by atoms with Gasteiger partial charge in [-0.15, -0.1) is 10.2 Å². The monoisotopic (exact) mass is 284 g/mol. The van der Waals surface area contributed by atoms with E-state index in [0.717, 1.165) is 24.3 Å². The first-order chi connectivity index (χ1) is 9.36. The second-order valence-electron chi connectivity index (χ2n) is 3.69. The molecule has 0 amide bonds. The minimum atomic E-state index is -4.41. The van der Waals surface area contributed by atoms with E-state index < -0.39 is 17.7 Å². The first-order valence-corrected chi connectivity index (χ1v) is 5.28. The standard InChI is InChI=1S/C12H7F3N2O3/c13-12(14,15)8-3-1-7(2-4-8)11-17-16-9(20-11)5-6-10(18)19/h1-6H,(H,18,19)/b6-5+. The fraction of sp³-hybridized carbons (Fsp3) is 0.0833. The summed E-state index contributed by atoms with van der Waals surface area (Å²) in [5.41, 5.74) is -0.479. The second kappa shape index (κ2) is 5.16. The van der Waals surface area contributed by atoms with E-state index in [4.69, 9.17) is 9.52 Å². The predicted octanol–water partition coefficient (Wildman–Crippen LogP) is 2.85. The Balaban J connectivity index is 2.22. The molecule has 0 saturated carbocycles. The van der Waals surface area contributed by atoms with Gasteiger partial charge in [0.1, 0.15) is 0 Å². The highest BCUT2D eigenvalue weighted by Gasteiger charge is 2.30. The van der Waals surface area contributed by atoms with Crippen LogP contribution in [0.3, 0.4) is 0 Å². The molecule has 0 unspecified atom stereocenters. The van der Waals surface area contributed by atoms with Crippen molar-refractivity contribution in [1.29, 1.82) is 0 Å². The molecule has 0 radical (unpaired) electrons. The van der Waals surface area contributed by atoms with Crippen molar-refractivity contribution in [2.75, 3.05) is 0 Å². The molecule has 0 aliphatic rings. The van der Waals surface area contributed by atoms with Gasteiger partial charge < -0.3 is 9.52 Å². The number of carboxylic acid groups (broad SMARTS) is 1. The lowest BCUT2D eigenvalue weighted by Crippen LogP contribution is -2.03. The van der Waals surface area contributed by atoms with E-state index in [1.807, 2.05) is 0 Å². The van der Waals surface area contributed by atoms with Gasteiger partial charge in [-0.05, 0) is 24.3 Å². The minimum Gasteiger partial charge on any atom is -0.478 e. The molecule has 2 aromatic rings. The zero-order chi connectivity index (χ0) is 14.8. The Morgan fingerprint density at radius 3 is 2.40 bits per heavy atom. The quantitative estimate of drug-likeness (QED) is 0.877. The van der Waals surface area contributed by atoms with Crippen LogP contribution >= 0.6 is 0 Å². The topological polar surface area (TPSA) is 76.2 Å². The number of hydrogen-bond donors (Lipinski definition) is 1. The van der Waals surface area contributed by atoms with E-state index in [9.17, 15) is 18.0 Å². The molecule has 104 valence electrons. The largest absolute Gasteiger partial charge is 0.478 e. The van der Waals surface area contributed by atoms with Crippen molar-refractivity contribution in [2.45, 2.75) is 6.18 Å². The van der Waals surface area contributed by atoms with Crippen LogP contribution in [-0.4, -0.2) is 21.3 Å². The van der Waals surface area contributed by atoms with Gasteiger partial charge >= 0.3 is 12.1 Å². The van der Waals surface area contributed by atoms with Crippen LogP contribution < -0.4 is 0 Å². The second-order valence-corrected chi connectivity index (χ2v) is 3.69. The Labute approximate surface area is 110 Å². The van der Waals surface area contributed by atoms with E-state index >= 15 is 0 Å². The van der Waals surface area contributed by atoms with Gasteiger partial charge in [-0.3, -0.25) is 0 Å². The highest BCUT2D eigenvalue weighted by molar-refractivity contribution is 5.84. The summed E-state index contributed by atoms with van der Waals surface area (Å²) in [6.07, 6.45) is -2.52. The van der Waals surface area contributed by atoms with Crippen LogP contribution in [0.25, 0.3) is 17.5 Å². The number of rotatable bonds is 3. The molecule has 0 aliphatic heterocycles. The molecular weight excluding hydrogens is 277 g/mol. The number of hydrogen-bond acceptors (Lipinski definition) is 4. The Bertz CT molecular complexity index is 645. The third kappa shape index (κ3) is 3.22. The molecule has 1 N–H and O–H groups in total. The van der Waals surface area contributed by atoms with E-state index in [2.05, 4.69) is 10.2 Å². The molecule has 1 heterocycles. The maximum absolute atomic E-state index is 12.4. The summed E-state index contributed by atoms with van der Waals surface area (Å²) in [5.74, 6) is -1.23. The Morgan fingerprint density at radius 1 is 1.20 bits per heavy atom. The number of nitrogens with zero attached hydrogens (tertiary/aromatic N) is 2. The van der Waals surface area contributed by atoms with Crippen molar-refractivity contribution in [3.63, 3.8) is 0 Å². The van der Waals surface area contributed by atoms with Crippen molar-refractivity contribution < 1.29 is 27.5 Å². The van der Waals surface area contributed by atoms with Crippen LogP contribution in [0.1, 0.15) is 11.5 Å². The van der Waals surface area contributed by atoms with Crippen LogP contribution in [0.15, 0.2) is 34.8 Å². The third-order valence-electron chi connectivity index (χ3n) is 2.27. The molecule has 0 saturated heterocycles. The minimum absolute atomic E-state index is 0.00348. The number of carboxylic acids is 1. The van der Waals surface area contributed by atoms with Crippen LogP contribution in [0.2, 0.25) is 0 Å². The Kier molecular flexibility index (Phi) is 3.55. The zero-order valence-electron chi connectivity index (χ0n) is 9.76. The summed E-state index contributed by atoms with van der Waals surface area (Å²) in [6, 6.07) is 4.18. The van der Waals surface area contributed by atoms with Crippen molar-refractivity contribution in [2.24, 2.45) is 0 Å². The molecule has 20 heavy (non-hydrogen) atoms. The lowest BCUT2D eigenvalue weighted by Gasteiger charge is -2.05. The number of aromatic nitrogens is 2. The van der Waals surface area contributed by atoms with Crippen LogP contribution in [0, 0.1) is 0 Å². The lowest BCUT2D eigenvalue weighted by molar-refractivity contribution is -0.137.